The summed E-state index contributed by atoms with van der Waals surface area (Å²) in [4.78, 5) is 27.6. The van der Waals surface area contributed by atoms with E-state index in [-0.39, 0.29) is 50.8 Å². The molecular formula is C29H33F3N4O6S. The molecule has 0 radical (unpaired) electrons. The van der Waals surface area contributed by atoms with Crippen LogP contribution >= 0.6 is 0 Å². The normalized spacial score (nSPS) is 18.1. The number of ether oxygens (including phenoxy) is 1. The molecule has 0 aromatic heterocycles. The maximum Gasteiger partial charge on any atom is 0.417 e. The standard InChI is InChI=1S/C29H33F3N4O6S/c1-43(40,41)36-13-11-35(12-14-36)26(37)19-42-24-8-4-5-20(15-24)17-28(39,22-6-2-3-7-22)27(38)34-23-10-9-21(18-33)25(16-23)29(30,31)32/h4-5,8-10,15-16,22,39H,2-3,6-7,11-14,17,19H2,1H3,(H,34,38). The molecule has 10 nitrogen and oxygen atoms in total. The summed E-state index contributed by atoms with van der Waals surface area (Å²) in [5.74, 6) is -1.30. The molecule has 1 unspecified atom stereocenters. The number of alkyl halides is 3. The van der Waals surface area contributed by atoms with Crippen molar-refractivity contribution in [2.24, 2.45) is 5.92 Å². The fourth-order valence-corrected chi connectivity index (χ4v) is 6.40. The average Bonchev–Trinajstić information content (AvgIpc) is 3.51. The number of nitrogens with one attached hydrogen (secondary N) is 1. The van der Waals surface area contributed by atoms with Crippen LogP contribution in [0.4, 0.5) is 18.9 Å². The fraction of sp³-hybridized carbons (Fsp3) is 0.483. The average molecular weight is 623 g/mol. The van der Waals surface area contributed by atoms with Crippen molar-refractivity contribution in [2.45, 2.75) is 43.9 Å². The van der Waals surface area contributed by atoms with Crippen LogP contribution in [-0.2, 0) is 32.2 Å². The van der Waals surface area contributed by atoms with Gasteiger partial charge in [0.05, 0.1) is 23.5 Å². The van der Waals surface area contributed by atoms with Gasteiger partial charge in [0.25, 0.3) is 11.8 Å². The Morgan fingerprint density at radius 1 is 1.09 bits per heavy atom. The second kappa shape index (κ2) is 12.9. The van der Waals surface area contributed by atoms with Crippen LogP contribution in [0.2, 0.25) is 0 Å². The molecule has 1 saturated heterocycles. The van der Waals surface area contributed by atoms with Crippen molar-refractivity contribution in [3.05, 3.63) is 59.2 Å². The predicted octanol–water partition coefficient (Wildman–Crippen LogP) is 3.16. The second-order valence-electron chi connectivity index (χ2n) is 10.9. The minimum Gasteiger partial charge on any atom is -0.484 e. The van der Waals surface area contributed by atoms with Crippen LogP contribution in [0.1, 0.15) is 42.4 Å². The number of nitrogens with zero attached hydrogens (tertiary/aromatic N) is 3. The molecule has 2 aliphatic rings. The Morgan fingerprint density at radius 3 is 2.37 bits per heavy atom. The maximum atomic E-state index is 13.5. The lowest BCUT2D eigenvalue weighted by molar-refractivity contribution is -0.140. The molecule has 1 heterocycles. The number of hydrogen-bond acceptors (Lipinski definition) is 7. The number of anilines is 1. The smallest absolute Gasteiger partial charge is 0.417 e. The molecule has 232 valence electrons. The molecular weight excluding hydrogens is 589 g/mol. The molecule has 2 amide bonds. The number of halogens is 3. The molecule has 4 rings (SSSR count). The summed E-state index contributed by atoms with van der Waals surface area (Å²) >= 11 is 0. The number of benzene rings is 2. The Bertz CT molecular complexity index is 1500. The third-order valence-corrected chi connectivity index (χ3v) is 9.22. The van der Waals surface area contributed by atoms with Crippen LogP contribution in [0.25, 0.3) is 0 Å². The predicted molar refractivity (Wildman–Crippen MR) is 150 cm³/mol. The van der Waals surface area contributed by atoms with Gasteiger partial charge in [-0.2, -0.15) is 22.7 Å². The highest BCUT2D eigenvalue weighted by Crippen LogP contribution is 2.38. The van der Waals surface area contributed by atoms with Crippen LogP contribution in [0.3, 0.4) is 0 Å². The third-order valence-electron chi connectivity index (χ3n) is 7.92. The molecule has 2 aromatic carbocycles. The Labute approximate surface area is 248 Å². The lowest BCUT2D eigenvalue weighted by atomic mass is 9.80. The highest BCUT2D eigenvalue weighted by molar-refractivity contribution is 7.88. The third kappa shape index (κ3) is 7.84. The molecule has 43 heavy (non-hydrogen) atoms. The van der Waals surface area contributed by atoms with Gasteiger partial charge >= 0.3 is 6.18 Å². The van der Waals surface area contributed by atoms with Crippen LogP contribution in [0, 0.1) is 17.2 Å². The number of sulfonamides is 1. The summed E-state index contributed by atoms with van der Waals surface area (Å²) in [6.45, 7) is 0.574. The molecule has 1 saturated carbocycles. The monoisotopic (exact) mass is 622 g/mol. The Balaban J connectivity index is 1.45. The zero-order valence-corrected chi connectivity index (χ0v) is 24.4. The Hall–Kier alpha value is -3.67. The van der Waals surface area contributed by atoms with Crippen LogP contribution < -0.4 is 10.1 Å². The van der Waals surface area contributed by atoms with Gasteiger partial charge in [0.1, 0.15) is 11.4 Å². The van der Waals surface area contributed by atoms with E-state index in [0.717, 1.165) is 25.2 Å². The van der Waals surface area contributed by atoms with E-state index in [4.69, 9.17) is 10.00 Å². The number of nitriles is 1. The molecule has 2 N–H and O–H groups in total. The molecule has 2 aromatic rings. The number of carbonyl (C=O) groups excluding carboxylic acids is 2. The van der Waals surface area contributed by atoms with E-state index >= 15 is 0 Å². The van der Waals surface area contributed by atoms with Gasteiger partial charge in [-0.3, -0.25) is 9.59 Å². The summed E-state index contributed by atoms with van der Waals surface area (Å²) in [7, 11) is -3.33. The van der Waals surface area contributed by atoms with E-state index in [0.29, 0.717) is 30.2 Å². The number of carbonyl (C=O) groups is 2. The van der Waals surface area contributed by atoms with Gasteiger partial charge in [-0.25, -0.2) is 8.42 Å². The molecule has 1 atom stereocenters. The van der Waals surface area contributed by atoms with Gasteiger partial charge < -0.3 is 20.1 Å². The van der Waals surface area contributed by atoms with Crippen molar-refractivity contribution in [2.75, 3.05) is 44.4 Å². The van der Waals surface area contributed by atoms with Crippen LogP contribution in [0.15, 0.2) is 42.5 Å². The molecule has 1 aliphatic heterocycles. The Kier molecular flexibility index (Phi) is 9.68. The van der Waals surface area contributed by atoms with Crippen molar-refractivity contribution >= 4 is 27.5 Å². The first-order valence-corrected chi connectivity index (χ1v) is 15.7. The van der Waals surface area contributed by atoms with Gasteiger partial charge in [0.2, 0.25) is 10.0 Å². The summed E-state index contributed by atoms with van der Waals surface area (Å²) in [5, 5.41) is 23.2. The first-order valence-electron chi connectivity index (χ1n) is 13.8. The first-order chi connectivity index (χ1) is 20.2. The van der Waals surface area contributed by atoms with Gasteiger partial charge in [0.15, 0.2) is 6.61 Å². The fourth-order valence-electron chi connectivity index (χ4n) is 5.57. The molecule has 2 fully saturated rings. The van der Waals surface area contributed by atoms with Crippen LogP contribution in [0.5, 0.6) is 5.75 Å². The summed E-state index contributed by atoms with van der Waals surface area (Å²) in [6, 6.07) is 10.9. The van der Waals surface area contributed by atoms with E-state index in [2.05, 4.69) is 5.32 Å². The Morgan fingerprint density at radius 2 is 1.77 bits per heavy atom. The zero-order valence-electron chi connectivity index (χ0n) is 23.6. The van der Waals surface area contributed by atoms with Gasteiger partial charge in [-0.05, 0) is 54.7 Å². The highest BCUT2D eigenvalue weighted by Gasteiger charge is 2.45. The largest absolute Gasteiger partial charge is 0.484 e. The number of piperazine rings is 1. The van der Waals surface area contributed by atoms with E-state index in [1.165, 1.54) is 21.3 Å². The van der Waals surface area contributed by atoms with E-state index in [1.807, 2.05) is 0 Å². The highest BCUT2D eigenvalue weighted by atomic mass is 32.2. The lowest BCUT2D eigenvalue weighted by Crippen LogP contribution is -2.51. The van der Waals surface area contributed by atoms with E-state index < -0.39 is 44.8 Å². The number of rotatable bonds is 9. The van der Waals surface area contributed by atoms with E-state index in [1.54, 1.807) is 24.3 Å². The van der Waals surface area contributed by atoms with Crippen molar-refractivity contribution in [3.8, 4) is 11.8 Å². The second-order valence-corrected chi connectivity index (χ2v) is 12.9. The minimum atomic E-state index is -4.81. The van der Waals surface area contributed by atoms with Gasteiger partial charge in [-0.15, -0.1) is 0 Å². The summed E-state index contributed by atoms with van der Waals surface area (Å²) < 4.78 is 70.8. The quantitative estimate of drug-likeness (QED) is 0.438. The lowest BCUT2D eigenvalue weighted by Gasteiger charge is -2.33. The molecule has 1 aliphatic carbocycles. The van der Waals surface area contributed by atoms with Crippen molar-refractivity contribution in [1.29, 1.82) is 5.26 Å². The topological polar surface area (TPSA) is 140 Å². The van der Waals surface area contributed by atoms with Gasteiger partial charge in [0, 0.05) is 38.3 Å². The molecule has 14 heteroatoms. The number of aliphatic hydroxyl groups is 1. The van der Waals surface area contributed by atoms with Gasteiger partial charge in [-0.1, -0.05) is 25.0 Å². The van der Waals surface area contributed by atoms with Crippen LogP contribution in [-0.4, -0.2) is 79.2 Å². The van der Waals surface area contributed by atoms with Crippen molar-refractivity contribution in [1.82, 2.24) is 9.21 Å². The van der Waals surface area contributed by atoms with Crippen molar-refractivity contribution in [3.63, 3.8) is 0 Å². The zero-order chi connectivity index (χ0) is 31.4. The maximum absolute atomic E-state index is 13.5. The summed E-state index contributed by atoms with van der Waals surface area (Å²) in [6.07, 6.45) is -1.14. The van der Waals surface area contributed by atoms with Crippen molar-refractivity contribution < 1.29 is 41.0 Å². The van der Waals surface area contributed by atoms with E-state index in [9.17, 15) is 36.3 Å². The summed E-state index contributed by atoms with van der Waals surface area (Å²) in [5.41, 5.74) is -3.39. The number of hydrogen-bond donors (Lipinski definition) is 2. The molecule has 0 spiro atoms. The SMILES string of the molecule is CS(=O)(=O)N1CCN(C(=O)COc2cccc(CC(O)(C(=O)Nc3ccc(C#N)c(C(F)(F)F)c3)C3CCCC3)c2)CC1. The first kappa shape index (κ1) is 32.2. The number of amides is 2. The molecule has 0 bridgehead atoms. The minimum absolute atomic E-state index is 0.148.